The van der Waals surface area contributed by atoms with Crippen molar-refractivity contribution in [3.8, 4) is 0 Å². The van der Waals surface area contributed by atoms with Gasteiger partial charge in [0.2, 0.25) is 0 Å². The van der Waals surface area contributed by atoms with Gasteiger partial charge in [0.15, 0.2) is 0 Å². The summed E-state index contributed by atoms with van der Waals surface area (Å²) in [5, 5.41) is 10.4. The average molecular weight is 209 g/mol. The van der Waals surface area contributed by atoms with Crippen LogP contribution in [0.2, 0.25) is 0 Å². The predicted octanol–water partition coefficient (Wildman–Crippen LogP) is 1.63. The molecular formula is C11H19N3O. The number of aromatic nitrogens is 2. The Hall–Kier alpha value is -0.870. The molecule has 1 aromatic rings. The third-order valence-electron chi connectivity index (χ3n) is 2.91. The van der Waals surface area contributed by atoms with Gasteiger partial charge in [0.05, 0.1) is 11.8 Å². The minimum atomic E-state index is 0.318. The smallest absolute Gasteiger partial charge is 0.0699 e. The van der Waals surface area contributed by atoms with Gasteiger partial charge in [-0.05, 0) is 32.3 Å². The molecule has 2 atom stereocenters. The number of aromatic amines is 1. The predicted molar refractivity (Wildman–Crippen MR) is 58.6 cm³/mol. The molecule has 1 aliphatic rings. The molecule has 1 aromatic heterocycles. The van der Waals surface area contributed by atoms with Gasteiger partial charge < -0.3 is 10.1 Å². The van der Waals surface area contributed by atoms with Crippen molar-refractivity contribution in [2.75, 3.05) is 13.2 Å². The number of ether oxygens (including phenoxy) is 1. The number of hydrogen-bond acceptors (Lipinski definition) is 3. The van der Waals surface area contributed by atoms with Crippen molar-refractivity contribution < 1.29 is 4.74 Å². The van der Waals surface area contributed by atoms with E-state index in [2.05, 4.69) is 22.4 Å². The SMILES string of the molecule is CC(NCC1CCCCO1)c1ccn[nH]1. The van der Waals surface area contributed by atoms with Gasteiger partial charge in [-0.1, -0.05) is 0 Å². The van der Waals surface area contributed by atoms with E-state index in [0.717, 1.165) is 18.8 Å². The Kier molecular flexibility index (Phi) is 3.75. The van der Waals surface area contributed by atoms with E-state index < -0.39 is 0 Å². The van der Waals surface area contributed by atoms with Gasteiger partial charge in [-0.25, -0.2) is 0 Å². The third-order valence-corrected chi connectivity index (χ3v) is 2.91. The molecule has 2 heterocycles. The van der Waals surface area contributed by atoms with Crippen LogP contribution in [0.4, 0.5) is 0 Å². The monoisotopic (exact) mass is 209 g/mol. The molecule has 1 aliphatic heterocycles. The van der Waals surface area contributed by atoms with Crippen LogP contribution in [0.1, 0.15) is 37.9 Å². The normalized spacial score (nSPS) is 23.9. The molecular weight excluding hydrogens is 190 g/mol. The molecule has 15 heavy (non-hydrogen) atoms. The first-order valence-corrected chi connectivity index (χ1v) is 5.70. The minimum absolute atomic E-state index is 0.318. The lowest BCUT2D eigenvalue weighted by Crippen LogP contribution is -2.33. The van der Waals surface area contributed by atoms with Gasteiger partial charge in [-0.3, -0.25) is 5.10 Å². The molecule has 2 rings (SSSR count). The van der Waals surface area contributed by atoms with E-state index in [4.69, 9.17) is 4.74 Å². The second-order valence-electron chi connectivity index (χ2n) is 4.13. The molecule has 4 heteroatoms. The van der Waals surface area contributed by atoms with E-state index in [-0.39, 0.29) is 0 Å². The molecule has 0 aromatic carbocycles. The van der Waals surface area contributed by atoms with Crippen LogP contribution in [-0.4, -0.2) is 29.5 Å². The first kappa shape index (κ1) is 10.6. The molecule has 0 spiro atoms. The second-order valence-corrected chi connectivity index (χ2v) is 4.13. The number of nitrogens with one attached hydrogen (secondary N) is 2. The van der Waals surface area contributed by atoms with Crippen LogP contribution in [0.25, 0.3) is 0 Å². The van der Waals surface area contributed by atoms with Crippen molar-refractivity contribution in [2.45, 2.75) is 38.3 Å². The maximum atomic E-state index is 5.66. The van der Waals surface area contributed by atoms with E-state index in [1.165, 1.54) is 19.3 Å². The van der Waals surface area contributed by atoms with Gasteiger partial charge in [0, 0.05) is 25.4 Å². The van der Waals surface area contributed by atoms with E-state index in [1.807, 2.05) is 6.07 Å². The summed E-state index contributed by atoms with van der Waals surface area (Å²) in [7, 11) is 0. The molecule has 84 valence electrons. The van der Waals surface area contributed by atoms with Crippen LogP contribution in [-0.2, 0) is 4.74 Å². The molecule has 1 fully saturated rings. The summed E-state index contributed by atoms with van der Waals surface area (Å²) in [6.07, 6.45) is 5.87. The maximum absolute atomic E-state index is 5.66. The lowest BCUT2D eigenvalue weighted by atomic mass is 10.1. The number of H-pyrrole nitrogens is 1. The van der Waals surface area contributed by atoms with Crippen molar-refractivity contribution >= 4 is 0 Å². The third kappa shape index (κ3) is 3.04. The van der Waals surface area contributed by atoms with Crippen LogP contribution in [0, 0.1) is 0 Å². The highest BCUT2D eigenvalue weighted by Gasteiger charge is 2.15. The van der Waals surface area contributed by atoms with Crippen molar-refractivity contribution in [2.24, 2.45) is 0 Å². The Labute approximate surface area is 90.4 Å². The molecule has 0 amide bonds. The van der Waals surface area contributed by atoms with Crippen LogP contribution < -0.4 is 5.32 Å². The zero-order valence-corrected chi connectivity index (χ0v) is 9.20. The van der Waals surface area contributed by atoms with Crippen molar-refractivity contribution in [3.05, 3.63) is 18.0 Å². The summed E-state index contributed by atoms with van der Waals surface area (Å²) < 4.78 is 5.66. The fourth-order valence-electron chi connectivity index (χ4n) is 1.89. The quantitative estimate of drug-likeness (QED) is 0.792. The second kappa shape index (κ2) is 5.28. The summed E-state index contributed by atoms with van der Waals surface area (Å²) >= 11 is 0. The maximum Gasteiger partial charge on any atom is 0.0699 e. The molecule has 2 unspecified atom stereocenters. The lowest BCUT2D eigenvalue weighted by molar-refractivity contribution is 0.0155. The molecule has 0 bridgehead atoms. The van der Waals surface area contributed by atoms with Crippen molar-refractivity contribution in [3.63, 3.8) is 0 Å². The first-order valence-electron chi connectivity index (χ1n) is 5.70. The first-order chi connectivity index (χ1) is 7.36. The van der Waals surface area contributed by atoms with E-state index in [0.29, 0.717) is 12.1 Å². The molecule has 0 aliphatic carbocycles. The van der Waals surface area contributed by atoms with Gasteiger partial charge >= 0.3 is 0 Å². The van der Waals surface area contributed by atoms with Crippen LogP contribution >= 0.6 is 0 Å². The van der Waals surface area contributed by atoms with Gasteiger partial charge in [-0.15, -0.1) is 0 Å². The van der Waals surface area contributed by atoms with Gasteiger partial charge in [0.25, 0.3) is 0 Å². The van der Waals surface area contributed by atoms with Crippen LogP contribution in [0.5, 0.6) is 0 Å². The highest BCUT2D eigenvalue weighted by atomic mass is 16.5. The minimum Gasteiger partial charge on any atom is -0.377 e. The zero-order chi connectivity index (χ0) is 10.5. The summed E-state index contributed by atoms with van der Waals surface area (Å²) in [5.41, 5.74) is 1.13. The standard InChI is InChI=1S/C11H19N3O/c1-9(11-5-6-13-14-11)12-8-10-4-2-3-7-15-10/h5-6,9-10,12H,2-4,7-8H2,1H3,(H,13,14). The molecule has 4 nitrogen and oxygen atoms in total. The van der Waals surface area contributed by atoms with Gasteiger partial charge in [0.1, 0.15) is 0 Å². The fourth-order valence-corrected chi connectivity index (χ4v) is 1.89. The Morgan fingerprint density at radius 2 is 2.60 bits per heavy atom. The largest absolute Gasteiger partial charge is 0.377 e. The molecule has 1 saturated heterocycles. The summed E-state index contributed by atoms with van der Waals surface area (Å²) in [5.74, 6) is 0. The number of nitrogens with zero attached hydrogens (tertiary/aromatic N) is 1. The highest BCUT2D eigenvalue weighted by Crippen LogP contribution is 2.13. The Balaban J connectivity index is 1.73. The summed E-state index contributed by atoms with van der Waals surface area (Å²) in [6.45, 7) is 3.99. The van der Waals surface area contributed by atoms with Crippen LogP contribution in [0.15, 0.2) is 12.3 Å². The Bertz CT molecular complexity index is 267. The van der Waals surface area contributed by atoms with Gasteiger partial charge in [-0.2, -0.15) is 5.10 Å². The molecule has 0 radical (unpaired) electrons. The molecule has 0 saturated carbocycles. The fraction of sp³-hybridized carbons (Fsp3) is 0.727. The van der Waals surface area contributed by atoms with E-state index in [9.17, 15) is 0 Å². The van der Waals surface area contributed by atoms with Crippen molar-refractivity contribution in [1.82, 2.24) is 15.5 Å². The number of hydrogen-bond donors (Lipinski definition) is 2. The van der Waals surface area contributed by atoms with E-state index >= 15 is 0 Å². The Morgan fingerprint density at radius 3 is 3.27 bits per heavy atom. The van der Waals surface area contributed by atoms with E-state index in [1.54, 1.807) is 6.20 Å². The lowest BCUT2D eigenvalue weighted by Gasteiger charge is -2.24. The highest BCUT2D eigenvalue weighted by molar-refractivity contribution is 5.02. The topological polar surface area (TPSA) is 49.9 Å². The Morgan fingerprint density at radius 1 is 1.67 bits per heavy atom. The summed E-state index contributed by atoms with van der Waals surface area (Å²) in [4.78, 5) is 0. The average Bonchev–Trinajstić information content (AvgIpc) is 2.81. The summed E-state index contributed by atoms with van der Waals surface area (Å²) in [6, 6.07) is 2.32. The molecule has 2 N–H and O–H groups in total. The number of rotatable bonds is 4. The van der Waals surface area contributed by atoms with Crippen molar-refractivity contribution in [1.29, 1.82) is 0 Å². The van der Waals surface area contributed by atoms with Crippen LogP contribution in [0.3, 0.4) is 0 Å². The zero-order valence-electron chi connectivity index (χ0n) is 9.20.